The first-order valence-corrected chi connectivity index (χ1v) is 7.47. The van der Waals surface area contributed by atoms with Crippen LogP contribution >= 0.6 is 0 Å². The molecule has 0 saturated carbocycles. The number of hydrogen-bond donors (Lipinski definition) is 1. The third-order valence-corrected chi connectivity index (χ3v) is 4.67. The van der Waals surface area contributed by atoms with Gasteiger partial charge in [0.2, 0.25) is 0 Å². The summed E-state index contributed by atoms with van der Waals surface area (Å²) in [6.07, 6.45) is -0.151. The Hall–Kier alpha value is -1.56. The van der Waals surface area contributed by atoms with Gasteiger partial charge in [0.1, 0.15) is 6.10 Å². The molecule has 0 radical (unpaired) electrons. The lowest BCUT2D eigenvalue weighted by molar-refractivity contribution is 0.0355. The van der Waals surface area contributed by atoms with E-state index in [1.807, 2.05) is 0 Å². The largest absolute Gasteiger partial charge is 0.458 e. The van der Waals surface area contributed by atoms with E-state index in [1.165, 1.54) is 0 Å². The Morgan fingerprint density at radius 1 is 1.44 bits per heavy atom. The average Bonchev–Trinajstić information content (AvgIpc) is 2.57. The highest BCUT2D eigenvalue weighted by atomic mass is 32.2. The van der Waals surface area contributed by atoms with Gasteiger partial charge in [-0.1, -0.05) is 0 Å². The first-order valence-electron chi connectivity index (χ1n) is 5.65. The smallest absolute Gasteiger partial charge is 0.338 e. The Morgan fingerprint density at radius 2 is 2.17 bits per heavy atom. The normalized spacial score (nSPS) is 21.7. The highest BCUT2D eigenvalue weighted by Crippen LogP contribution is 2.19. The zero-order valence-corrected chi connectivity index (χ0v) is 10.9. The van der Waals surface area contributed by atoms with Crippen molar-refractivity contribution < 1.29 is 17.9 Å². The van der Waals surface area contributed by atoms with Crippen molar-refractivity contribution in [2.75, 3.05) is 17.2 Å². The predicted octanol–water partition coefficient (Wildman–Crippen LogP) is 0.921. The van der Waals surface area contributed by atoms with Crippen LogP contribution in [0.3, 0.4) is 0 Å². The van der Waals surface area contributed by atoms with E-state index in [1.54, 1.807) is 25.1 Å². The summed E-state index contributed by atoms with van der Waals surface area (Å²) in [4.78, 5) is 11.9. The van der Waals surface area contributed by atoms with Gasteiger partial charge in [0.25, 0.3) is 0 Å². The fraction of sp³-hybridized carbons (Fsp3) is 0.417. The third-order valence-electron chi connectivity index (χ3n) is 2.93. The van der Waals surface area contributed by atoms with Crippen LogP contribution in [-0.2, 0) is 14.6 Å². The number of anilines is 1. The van der Waals surface area contributed by atoms with Gasteiger partial charge in [-0.2, -0.15) is 0 Å². The number of aryl methyl sites for hydroxylation is 1. The average molecular weight is 269 g/mol. The molecule has 1 saturated heterocycles. The van der Waals surface area contributed by atoms with Crippen LogP contribution in [0.15, 0.2) is 18.2 Å². The molecule has 0 amide bonds. The van der Waals surface area contributed by atoms with Crippen molar-refractivity contribution >= 4 is 21.5 Å². The van der Waals surface area contributed by atoms with Crippen molar-refractivity contribution in [3.8, 4) is 0 Å². The fourth-order valence-electron chi connectivity index (χ4n) is 1.98. The number of carbonyl (C=O) groups is 1. The van der Waals surface area contributed by atoms with Gasteiger partial charge >= 0.3 is 5.97 Å². The van der Waals surface area contributed by atoms with Gasteiger partial charge in [-0.25, -0.2) is 13.2 Å². The molecule has 0 aromatic heterocycles. The van der Waals surface area contributed by atoms with Crippen LogP contribution in [0.25, 0.3) is 0 Å². The van der Waals surface area contributed by atoms with Gasteiger partial charge in [-0.3, -0.25) is 0 Å². The lowest BCUT2D eigenvalue weighted by Crippen LogP contribution is -2.20. The van der Waals surface area contributed by atoms with E-state index in [0.29, 0.717) is 17.7 Å². The summed E-state index contributed by atoms with van der Waals surface area (Å²) in [6.45, 7) is 1.76. The maximum absolute atomic E-state index is 11.9. The second-order valence-electron chi connectivity index (χ2n) is 4.50. The summed E-state index contributed by atoms with van der Waals surface area (Å²) >= 11 is 0. The van der Waals surface area contributed by atoms with Crippen molar-refractivity contribution in [1.29, 1.82) is 0 Å². The first-order chi connectivity index (χ1) is 8.37. The number of sulfone groups is 1. The first kappa shape index (κ1) is 12.9. The Labute approximate surface area is 106 Å². The molecule has 6 heteroatoms. The third kappa shape index (κ3) is 2.81. The van der Waals surface area contributed by atoms with E-state index in [9.17, 15) is 13.2 Å². The van der Waals surface area contributed by atoms with E-state index in [-0.39, 0.29) is 11.5 Å². The molecule has 1 atom stereocenters. The predicted molar refractivity (Wildman–Crippen MR) is 68.1 cm³/mol. The van der Waals surface area contributed by atoms with Gasteiger partial charge in [0.15, 0.2) is 9.84 Å². The molecule has 1 aliphatic rings. The van der Waals surface area contributed by atoms with Crippen LogP contribution in [-0.4, -0.2) is 32.0 Å². The molecular formula is C12H15NO4S. The summed E-state index contributed by atoms with van der Waals surface area (Å²) < 4.78 is 27.7. The van der Waals surface area contributed by atoms with Crippen molar-refractivity contribution in [1.82, 2.24) is 0 Å². The second-order valence-corrected chi connectivity index (χ2v) is 6.73. The Bertz CT molecular complexity index is 580. The molecule has 1 heterocycles. The van der Waals surface area contributed by atoms with Gasteiger partial charge in [-0.05, 0) is 37.1 Å². The monoisotopic (exact) mass is 269 g/mol. The molecule has 0 aliphatic carbocycles. The van der Waals surface area contributed by atoms with Crippen LogP contribution in [0.5, 0.6) is 0 Å². The Kier molecular flexibility index (Phi) is 3.30. The minimum absolute atomic E-state index is 0.0766. The van der Waals surface area contributed by atoms with E-state index < -0.39 is 21.9 Å². The quantitative estimate of drug-likeness (QED) is 0.637. The molecule has 0 spiro atoms. The van der Waals surface area contributed by atoms with E-state index in [0.717, 1.165) is 5.56 Å². The number of benzene rings is 1. The molecular weight excluding hydrogens is 254 g/mol. The lowest BCUT2D eigenvalue weighted by Gasteiger charge is -2.11. The van der Waals surface area contributed by atoms with Crippen LogP contribution in [0.4, 0.5) is 5.69 Å². The molecule has 18 heavy (non-hydrogen) atoms. The number of esters is 1. The number of rotatable bonds is 2. The molecule has 1 aliphatic heterocycles. The summed E-state index contributed by atoms with van der Waals surface area (Å²) in [5.74, 6) is -0.479. The standard InChI is InChI=1S/C12H15NO4S/c1-8-6-9(13)2-3-11(8)12(14)17-10-4-5-18(15,16)7-10/h2-3,6,10H,4-5,7,13H2,1H3. The highest BCUT2D eigenvalue weighted by Gasteiger charge is 2.31. The zero-order chi connectivity index (χ0) is 13.3. The van der Waals surface area contributed by atoms with Gasteiger partial charge in [-0.15, -0.1) is 0 Å². The Balaban J connectivity index is 2.09. The van der Waals surface area contributed by atoms with E-state index >= 15 is 0 Å². The van der Waals surface area contributed by atoms with Crippen LogP contribution in [0.2, 0.25) is 0 Å². The van der Waals surface area contributed by atoms with Crippen LogP contribution < -0.4 is 5.73 Å². The number of carbonyl (C=O) groups excluding carboxylic acids is 1. The maximum Gasteiger partial charge on any atom is 0.338 e. The molecule has 2 N–H and O–H groups in total. The Morgan fingerprint density at radius 3 is 2.72 bits per heavy atom. The SMILES string of the molecule is Cc1cc(N)ccc1C(=O)OC1CCS(=O)(=O)C1. The van der Waals surface area contributed by atoms with Crippen molar-refractivity contribution in [3.05, 3.63) is 29.3 Å². The zero-order valence-electron chi connectivity index (χ0n) is 10.0. The summed E-state index contributed by atoms with van der Waals surface area (Å²) in [7, 11) is -3.04. The maximum atomic E-state index is 11.9. The van der Waals surface area contributed by atoms with Crippen LogP contribution in [0.1, 0.15) is 22.3 Å². The summed E-state index contributed by atoms with van der Waals surface area (Å²) in [5, 5.41) is 0. The number of hydrogen-bond acceptors (Lipinski definition) is 5. The molecule has 1 aromatic carbocycles. The van der Waals surface area contributed by atoms with E-state index in [2.05, 4.69) is 0 Å². The fourth-order valence-corrected chi connectivity index (χ4v) is 3.57. The van der Waals surface area contributed by atoms with Crippen molar-refractivity contribution in [2.45, 2.75) is 19.4 Å². The molecule has 5 nitrogen and oxygen atoms in total. The molecule has 1 unspecified atom stereocenters. The summed E-state index contributed by atoms with van der Waals surface area (Å²) in [6, 6.07) is 4.90. The molecule has 1 aromatic rings. The second kappa shape index (κ2) is 4.61. The topological polar surface area (TPSA) is 86.5 Å². The lowest BCUT2D eigenvalue weighted by atomic mass is 10.1. The molecule has 98 valence electrons. The number of ether oxygens (including phenoxy) is 1. The van der Waals surface area contributed by atoms with Gasteiger partial charge < -0.3 is 10.5 Å². The summed E-state index contributed by atoms with van der Waals surface area (Å²) in [5.41, 5.74) is 7.32. The van der Waals surface area contributed by atoms with Crippen LogP contribution in [0, 0.1) is 6.92 Å². The van der Waals surface area contributed by atoms with Crippen molar-refractivity contribution in [2.24, 2.45) is 0 Å². The molecule has 0 bridgehead atoms. The highest BCUT2D eigenvalue weighted by molar-refractivity contribution is 7.91. The molecule has 2 rings (SSSR count). The van der Waals surface area contributed by atoms with E-state index in [4.69, 9.17) is 10.5 Å². The minimum Gasteiger partial charge on any atom is -0.458 e. The van der Waals surface area contributed by atoms with Crippen molar-refractivity contribution in [3.63, 3.8) is 0 Å². The number of nitrogens with two attached hydrogens (primary N) is 1. The van der Waals surface area contributed by atoms with Gasteiger partial charge in [0.05, 0.1) is 17.1 Å². The molecule has 1 fully saturated rings. The number of nitrogen functional groups attached to an aromatic ring is 1. The minimum atomic E-state index is -3.04. The van der Waals surface area contributed by atoms with Gasteiger partial charge in [0, 0.05) is 5.69 Å².